The number of hydrogen-bond acceptors (Lipinski definition) is 5. The van der Waals surface area contributed by atoms with Crippen molar-refractivity contribution in [3.05, 3.63) is 98.5 Å². The third-order valence-electron chi connectivity index (χ3n) is 5.47. The minimum Gasteiger partial charge on any atom is -0.478 e. The number of halogens is 1. The van der Waals surface area contributed by atoms with Crippen molar-refractivity contribution < 1.29 is 14.3 Å². The van der Waals surface area contributed by atoms with Gasteiger partial charge in [0.1, 0.15) is 12.2 Å². The summed E-state index contributed by atoms with van der Waals surface area (Å²) in [5.74, 6) is -1.31. The molecule has 10 heteroatoms. The van der Waals surface area contributed by atoms with Crippen LogP contribution >= 0.6 is 0 Å². The van der Waals surface area contributed by atoms with E-state index in [1.54, 1.807) is 44.2 Å². The first kappa shape index (κ1) is 23.4. The smallest absolute Gasteiger partial charge is 0.339 e. The Morgan fingerprint density at radius 3 is 2.46 bits per heavy atom. The molecule has 9 nitrogen and oxygen atoms in total. The van der Waals surface area contributed by atoms with Gasteiger partial charge in [0.2, 0.25) is 0 Å². The van der Waals surface area contributed by atoms with Crippen molar-refractivity contribution in [1.82, 2.24) is 18.9 Å². The van der Waals surface area contributed by atoms with Gasteiger partial charge in [-0.05, 0) is 55.8 Å². The number of nitriles is 1. The van der Waals surface area contributed by atoms with Crippen LogP contribution in [0.25, 0.3) is 22.6 Å². The van der Waals surface area contributed by atoms with E-state index in [4.69, 9.17) is 5.26 Å². The molecule has 2 aromatic heterocycles. The molecule has 0 aliphatic rings. The van der Waals surface area contributed by atoms with E-state index < -0.39 is 29.9 Å². The third kappa shape index (κ3) is 4.15. The highest BCUT2D eigenvalue weighted by Gasteiger charge is 2.25. The second-order valence-corrected chi connectivity index (χ2v) is 8.05. The Morgan fingerprint density at radius 2 is 1.86 bits per heavy atom. The average Bonchev–Trinajstić information content (AvgIpc) is 3.29. The molecule has 0 spiro atoms. The molecule has 4 aromatic rings. The molecule has 4 rings (SSSR count). The SMILES string of the molecule is CC(C)n1c(=O)c(-c2c(C(=O)O)cnn2-c2ccc(C#N)cc2)cn(-c2cccc(CF)c2)c1=O. The Labute approximate surface area is 198 Å². The van der Waals surface area contributed by atoms with Gasteiger partial charge in [0, 0.05) is 12.2 Å². The Kier molecular flexibility index (Phi) is 6.16. The number of aromatic carboxylic acids is 1. The van der Waals surface area contributed by atoms with Crippen LogP contribution in [0.4, 0.5) is 4.39 Å². The van der Waals surface area contributed by atoms with Gasteiger partial charge in [0.05, 0.1) is 40.5 Å². The van der Waals surface area contributed by atoms with Gasteiger partial charge in [-0.1, -0.05) is 12.1 Å². The first-order chi connectivity index (χ1) is 16.8. The van der Waals surface area contributed by atoms with Gasteiger partial charge < -0.3 is 5.11 Å². The summed E-state index contributed by atoms with van der Waals surface area (Å²) in [6.45, 7) is 2.57. The van der Waals surface area contributed by atoms with Crippen molar-refractivity contribution in [2.24, 2.45) is 0 Å². The molecule has 0 atom stereocenters. The molecule has 0 saturated heterocycles. The Morgan fingerprint density at radius 1 is 1.14 bits per heavy atom. The molecule has 1 N–H and O–H groups in total. The molecule has 0 aliphatic carbocycles. The fourth-order valence-corrected chi connectivity index (χ4v) is 3.80. The molecule has 0 fully saturated rings. The van der Waals surface area contributed by atoms with Gasteiger partial charge in [-0.15, -0.1) is 0 Å². The van der Waals surface area contributed by atoms with Crippen LogP contribution in [0.15, 0.2) is 70.5 Å². The van der Waals surface area contributed by atoms with E-state index in [1.165, 1.54) is 33.6 Å². The molecular formula is C25H20FN5O4. The van der Waals surface area contributed by atoms with E-state index in [0.717, 1.165) is 10.8 Å². The van der Waals surface area contributed by atoms with Crippen LogP contribution in [0.3, 0.4) is 0 Å². The lowest BCUT2D eigenvalue weighted by Gasteiger charge is -2.17. The van der Waals surface area contributed by atoms with E-state index in [1.807, 2.05) is 6.07 Å². The first-order valence-corrected chi connectivity index (χ1v) is 10.6. The quantitative estimate of drug-likeness (QED) is 0.457. The number of hydrogen-bond donors (Lipinski definition) is 1. The van der Waals surface area contributed by atoms with Gasteiger partial charge >= 0.3 is 11.7 Å². The molecule has 2 heterocycles. The maximum absolute atomic E-state index is 13.5. The van der Waals surface area contributed by atoms with Crippen molar-refractivity contribution in [2.75, 3.05) is 0 Å². The van der Waals surface area contributed by atoms with Crippen LogP contribution in [-0.2, 0) is 6.67 Å². The monoisotopic (exact) mass is 473 g/mol. The number of carbonyl (C=O) groups is 1. The van der Waals surface area contributed by atoms with Gasteiger partial charge in [0.25, 0.3) is 5.56 Å². The summed E-state index contributed by atoms with van der Waals surface area (Å²) < 4.78 is 16.8. The Bertz CT molecular complexity index is 1590. The number of nitrogens with zero attached hydrogens (tertiary/aromatic N) is 5. The molecule has 35 heavy (non-hydrogen) atoms. The van der Waals surface area contributed by atoms with Crippen LogP contribution in [-0.4, -0.2) is 30.0 Å². The number of alkyl halides is 1. The summed E-state index contributed by atoms with van der Waals surface area (Å²) in [6.07, 6.45) is 2.37. The Hall–Kier alpha value is -4.78. The molecule has 0 aliphatic heterocycles. The topological polar surface area (TPSA) is 123 Å². The van der Waals surface area contributed by atoms with Crippen LogP contribution in [0, 0.1) is 11.3 Å². The predicted molar refractivity (Wildman–Crippen MR) is 126 cm³/mol. The minimum absolute atomic E-state index is 0.0306. The molecule has 2 aromatic carbocycles. The van der Waals surface area contributed by atoms with Crippen LogP contribution in [0.5, 0.6) is 0 Å². The summed E-state index contributed by atoms with van der Waals surface area (Å²) in [7, 11) is 0. The van der Waals surface area contributed by atoms with Crippen LogP contribution in [0.2, 0.25) is 0 Å². The molecule has 176 valence electrons. The first-order valence-electron chi connectivity index (χ1n) is 10.6. The number of aromatic nitrogens is 4. The summed E-state index contributed by atoms with van der Waals surface area (Å²) >= 11 is 0. The average molecular weight is 473 g/mol. The van der Waals surface area contributed by atoms with Crippen molar-refractivity contribution in [1.29, 1.82) is 5.26 Å². The summed E-state index contributed by atoms with van der Waals surface area (Å²) in [5.41, 5.74) is -0.227. The molecule has 0 saturated carbocycles. The lowest BCUT2D eigenvalue weighted by atomic mass is 10.1. The van der Waals surface area contributed by atoms with E-state index in [9.17, 15) is 23.9 Å². The highest BCUT2D eigenvalue weighted by molar-refractivity contribution is 5.95. The van der Waals surface area contributed by atoms with Crippen molar-refractivity contribution in [3.8, 4) is 28.7 Å². The number of carboxylic acid groups (broad SMARTS) is 1. The summed E-state index contributed by atoms with van der Waals surface area (Å²) in [4.78, 5) is 38.8. The number of carboxylic acids is 1. The fraction of sp³-hybridized carbons (Fsp3) is 0.160. The van der Waals surface area contributed by atoms with Crippen molar-refractivity contribution in [2.45, 2.75) is 26.6 Å². The largest absolute Gasteiger partial charge is 0.478 e. The maximum atomic E-state index is 13.5. The summed E-state index contributed by atoms with van der Waals surface area (Å²) in [6, 6.07) is 13.9. The highest BCUT2D eigenvalue weighted by Crippen LogP contribution is 2.25. The van der Waals surface area contributed by atoms with Crippen molar-refractivity contribution in [3.63, 3.8) is 0 Å². The van der Waals surface area contributed by atoms with E-state index in [0.29, 0.717) is 22.5 Å². The second kappa shape index (κ2) is 9.23. The van der Waals surface area contributed by atoms with Crippen LogP contribution < -0.4 is 11.2 Å². The zero-order valence-corrected chi connectivity index (χ0v) is 18.8. The fourth-order valence-electron chi connectivity index (χ4n) is 3.80. The summed E-state index contributed by atoms with van der Waals surface area (Å²) in [5, 5.41) is 23.1. The molecule has 0 bridgehead atoms. The third-order valence-corrected chi connectivity index (χ3v) is 5.47. The molecule has 0 amide bonds. The lowest BCUT2D eigenvalue weighted by molar-refractivity contribution is 0.0697. The van der Waals surface area contributed by atoms with E-state index >= 15 is 0 Å². The zero-order chi connectivity index (χ0) is 25.3. The van der Waals surface area contributed by atoms with E-state index in [2.05, 4.69) is 5.10 Å². The molecule has 0 unspecified atom stereocenters. The Balaban J connectivity index is 2.08. The number of benzene rings is 2. The van der Waals surface area contributed by atoms with Gasteiger partial charge in [-0.25, -0.2) is 18.7 Å². The standard InChI is InChI=1S/C25H20FN5O4/c1-15(2)30-23(32)21(14-29(25(30)35)19-5-3-4-17(10-19)11-26)22-20(24(33)34)13-28-31(22)18-8-6-16(12-27)7-9-18/h3-10,13-15H,11H2,1-2H3,(H,33,34). The second-order valence-electron chi connectivity index (χ2n) is 8.05. The molecular weight excluding hydrogens is 453 g/mol. The minimum atomic E-state index is -1.31. The van der Waals surface area contributed by atoms with Gasteiger partial charge in [-0.2, -0.15) is 10.4 Å². The van der Waals surface area contributed by atoms with E-state index in [-0.39, 0.29) is 16.8 Å². The highest BCUT2D eigenvalue weighted by atomic mass is 19.1. The predicted octanol–water partition coefficient (Wildman–Crippen LogP) is 3.47. The number of rotatable bonds is 6. The molecule has 0 radical (unpaired) electrons. The maximum Gasteiger partial charge on any atom is 0.339 e. The van der Waals surface area contributed by atoms with Crippen molar-refractivity contribution >= 4 is 5.97 Å². The van der Waals surface area contributed by atoms with Gasteiger partial charge in [-0.3, -0.25) is 13.9 Å². The van der Waals surface area contributed by atoms with Gasteiger partial charge in [0.15, 0.2) is 0 Å². The lowest BCUT2D eigenvalue weighted by Crippen LogP contribution is -2.41. The normalized spacial score (nSPS) is 10.9. The van der Waals surface area contributed by atoms with Crippen LogP contribution in [0.1, 0.15) is 41.4 Å². The zero-order valence-electron chi connectivity index (χ0n) is 18.8.